The molecule has 8 N–H and O–H groups in total. The quantitative estimate of drug-likeness (QED) is 0.0528. The van der Waals surface area contributed by atoms with Crippen LogP contribution in [0.2, 0.25) is 0 Å². The minimum absolute atomic E-state index is 0.0843. The molecule has 0 radical (unpaired) electrons. The second-order valence-corrected chi connectivity index (χ2v) is 11.3. The molecule has 0 aromatic heterocycles. The molecule has 0 fully saturated rings. The number of aryl methyl sites for hydroxylation is 2. The van der Waals surface area contributed by atoms with Gasteiger partial charge in [0.25, 0.3) is 0 Å². The summed E-state index contributed by atoms with van der Waals surface area (Å²) in [4.78, 5) is 48.0. The highest BCUT2D eigenvalue weighted by molar-refractivity contribution is 5.89. The first-order valence-electron chi connectivity index (χ1n) is 16.4. The van der Waals surface area contributed by atoms with Crippen molar-refractivity contribution in [1.82, 2.24) is 21.3 Å². The van der Waals surface area contributed by atoms with Crippen LogP contribution in [0.1, 0.15) is 54.4 Å². The monoisotopic (exact) mass is 673 g/mol. The van der Waals surface area contributed by atoms with E-state index in [1.54, 1.807) is 0 Å². The molecule has 0 atom stereocenters. The van der Waals surface area contributed by atoms with E-state index in [9.17, 15) is 19.2 Å². The first kappa shape index (κ1) is 37.9. The van der Waals surface area contributed by atoms with Gasteiger partial charge in [-0.1, -0.05) is 66.7 Å². The van der Waals surface area contributed by atoms with Gasteiger partial charge in [0.15, 0.2) is 5.96 Å². The molecule has 0 aliphatic rings. The van der Waals surface area contributed by atoms with Crippen molar-refractivity contribution in [2.75, 3.05) is 31.5 Å². The molecule has 3 rings (SSSR count). The second-order valence-electron chi connectivity index (χ2n) is 11.3. The SMILES string of the molecule is N=C(N)Nc1ccc(CCCC(=O)NCC(=O)NCCCCNC(=O)OCc2ccc(CCCNC(=O)OCc3ccccc3)cc2)cc1. The van der Waals surface area contributed by atoms with Crippen molar-refractivity contribution < 1.29 is 28.7 Å². The Morgan fingerprint density at radius 3 is 1.69 bits per heavy atom. The van der Waals surface area contributed by atoms with Crippen molar-refractivity contribution in [3.05, 3.63) is 101 Å². The molecule has 13 heteroatoms. The summed E-state index contributed by atoms with van der Waals surface area (Å²) in [5, 5.41) is 20.8. The minimum Gasteiger partial charge on any atom is -0.445 e. The molecule has 0 spiro atoms. The summed E-state index contributed by atoms with van der Waals surface area (Å²) in [7, 11) is 0. The van der Waals surface area contributed by atoms with Crippen LogP contribution in [0.4, 0.5) is 15.3 Å². The fourth-order valence-corrected chi connectivity index (χ4v) is 4.62. The third kappa shape index (κ3) is 17.2. The lowest BCUT2D eigenvalue weighted by molar-refractivity contribution is -0.126. The van der Waals surface area contributed by atoms with Gasteiger partial charge >= 0.3 is 12.2 Å². The number of ether oxygens (including phenoxy) is 2. The largest absolute Gasteiger partial charge is 0.445 e. The Kier molecular flexibility index (Phi) is 17.1. The third-order valence-electron chi connectivity index (χ3n) is 7.26. The van der Waals surface area contributed by atoms with Crippen LogP contribution >= 0.6 is 0 Å². The van der Waals surface area contributed by atoms with Crippen molar-refractivity contribution in [3.8, 4) is 0 Å². The van der Waals surface area contributed by atoms with Gasteiger partial charge < -0.3 is 41.8 Å². The van der Waals surface area contributed by atoms with Crippen molar-refractivity contribution >= 4 is 35.6 Å². The zero-order valence-electron chi connectivity index (χ0n) is 27.7. The Hall–Kier alpha value is -5.59. The fourth-order valence-electron chi connectivity index (χ4n) is 4.62. The number of carbonyl (C=O) groups is 4. The molecule has 0 unspecified atom stereocenters. The number of nitrogens with two attached hydrogens (primary N) is 1. The van der Waals surface area contributed by atoms with Crippen molar-refractivity contribution in [2.45, 2.75) is 58.2 Å². The van der Waals surface area contributed by atoms with Crippen LogP contribution in [-0.4, -0.2) is 56.1 Å². The second kappa shape index (κ2) is 22.1. The number of amides is 4. The summed E-state index contributed by atoms with van der Waals surface area (Å²) >= 11 is 0. The number of anilines is 1. The van der Waals surface area contributed by atoms with Gasteiger partial charge in [0.1, 0.15) is 13.2 Å². The topological polar surface area (TPSA) is 197 Å². The summed E-state index contributed by atoms with van der Waals surface area (Å²) in [6.07, 6.45) is 3.58. The lowest BCUT2D eigenvalue weighted by atomic mass is 10.1. The Morgan fingerprint density at radius 2 is 1.08 bits per heavy atom. The lowest BCUT2D eigenvalue weighted by Gasteiger charge is -2.09. The van der Waals surface area contributed by atoms with Gasteiger partial charge in [0, 0.05) is 31.7 Å². The number of rotatable bonds is 20. The van der Waals surface area contributed by atoms with Gasteiger partial charge in [-0.15, -0.1) is 0 Å². The minimum atomic E-state index is -0.511. The fraction of sp³-hybridized carbons (Fsp3) is 0.361. The Bertz CT molecular complexity index is 1470. The maximum Gasteiger partial charge on any atom is 0.407 e. The molecule has 0 saturated carbocycles. The van der Waals surface area contributed by atoms with E-state index in [1.165, 1.54) is 0 Å². The summed E-state index contributed by atoms with van der Waals surface area (Å²) in [5.74, 6) is -0.582. The van der Waals surface area contributed by atoms with E-state index in [-0.39, 0.29) is 37.5 Å². The molecule has 0 saturated heterocycles. The zero-order chi connectivity index (χ0) is 35.1. The molecule has 0 heterocycles. The number of benzene rings is 3. The molecule has 0 aliphatic heterocycles. The van der Waals surface area contributed by atoms with Crippen LogP contribution in [0.25, 0.3) is 0 Å². The van der Waals surface area contributed by atoms with E-state index in [2.05, 4.69) is 26.6 Å². The first-order valence-corrected chi connectivity index (χ1v) is 16.4. The van der Waals surface area contributed by atoms with Gasteiger partial charge in [-0.2, -0.15) is 0 Å². The highest BCUT2D eigenvalue weighted by atomic mass is 16.6. The van der Waals surface area contributed by atoms with Crippen molar-refractivity contribution in [2.24, 2.45) is 5.73 Å². The van der Waals surface area contributed by atoms with Crippen LogP contribution in [0, 0.1) is 5.41 Å². The molecular weight excluding hydrogens is 626 g/mol. The standard InChI is InChI=1S/C36H47N7O6/c37-34(38)43-31-19-17-27(18-20-31)10-6-12-32(44)42-24-33(45)39-21-4-5-22-40-35(46)49-26-30-15-13-28(14-16-30)11-7-23-41-36(47)48-25-29-8-2-1-3-9-29/h1-3,8-9,13-20H,4-7,10-12,21-26H2,(H,39,45)(H,40,46)(H,41,47)(H,42,44)(H4,37,38,43). The molecule has 0 aliphatic carbocycles. The van der Waals surface area contributed by atoms with Gasteiger partial charge in [0.2, 0.25) is 11.8 Å². The van der Waals surface area contributed by atoms with Crippen LogP contribution in [0.3, 0.4) is 0 Å². The average Bonchev–Trinajstić information content (AvgIpc) is 3.10. The van der Waals surface area contributed by atoms with Crippen molar-refractivity contribution in [3.63, 3.8) is 0 Å². The third-order valence-corrected chi connectivity index (χ3v) is 7.26. The Balaban J connectivity index is 1.13. The number of carbonyl (C=O) groups excluding carboxylic acids is 4. The Labute approximate surface area is 287 Å². The number of guanidine groups is 1. The number of hydrogen-bond donors (Lipinski definition) is 7. The van der Waals surface area contributed by atoms with Gasteiger partial charge in [-0.3, -0.25) is 15.0 Å². The average molecular weight is 674 g/mol. The van der Waals surface area contributed by atoms with Crippen LogP contribution in [0.5, 0.6) is 0 Å². The summed E-state index contributed by atoms with van der Waals surface area (Å²) < 4.78 is 10.5. The highest BCUT2D eigenvalue weighted by Crippen LogP contribution is 2.12. The molecular formula is C36H47N7O6. The van der Waals surface area contributed by atoms with E-state index in [0.717, 1.165) is 40.8 Å². The predicted molar refractivity (Wildman–Crippen MR) is 188 cm³/mol. The van der Waals surface area contributed by atoms with Gasteiger partial charge in [0.05, 0.1) is 6.54 Å². The summed E-state index contributed by atoms with van der Waals surface area (Å²) in [5.41, 5.74) is 10.0. The van der Waals surface area contributed by atoms with Crippen LogP contribution in [0.15, 0.2) is 78.9 Å². The lowest BCUT2D eigenvalue weighted by Crippen LogP contribution is -2.37. The normalized spacial score (nSPS) is 10.4. The number of alkyl carbamates (subject to hydrolysis) is 2. The zero-order valence-corrected chi connectivity index (χ0v) is 27.7. The highest BCUT2D eigenvalue weighted by Gasteiger charge is 2.07. The van der Waals surface area contributed by atoms with E-state index < -0.39 is 12.2 Å². The van der Waals surface area contributed by atoms with E-state index in [0.29, 0.717) is 51.7 Å². The number of nitrogens with one attached hydrogen (secondary N) is 6. The predicted octanol–water partition coefficient (Wildman–Crippen LogP) is 4.11. The van der Waals surface area contributed by atoms with Crippen LogP contribution in [-0.2, 0) is 45.1 Å². The van der Waals surface area contributed by atoms with Crippen molar-refractivity contribution in [1.29, 1.82) is 5.41 Å². The molecule has 3 aromatic carbocycles. The number of unbranched alkanes of at least 4 members (excludes halogenated alkanes) is 1. The molecule has 262 valence electrons. The van der Waals surface area contributed by atoms with Crippen LogP contribution < -0.4 is 32.3 Å². The van der Waals surface area contributed by atoms with E-state index in [4.69, 9.17) is 20.6 Å². The summed E-state index contributed by atoms with van der Waals surface area (Å²) in [6.45, 7) is 1.65. The first-order chi connectivity index (χ1) is 23.8. The van der Waals surface area contributed by atoms with E-state index in [1.807, 2.05) is 78.9 Å². The maximum absolute atomic E-state index is 12.1. The number of hydrogen-bond acceptors (Lipinski definition) is 7. The molecule has 49 heavy (non-hydrogen) atoms. The molecule has 3 aromatic rings. The summed E-state index contributed by atoms with van der Waals surface area (Å²) in [6, 6.07) is 24.8. The van der Waals surface area contributed by atoms with E-state index >= 15 is 0 Å². The molecule has 4 amide bonds. The van der Waals surface area contributed by atoms with Gasteiger partial charge in [-0.25, -0.2) is 9.59 Å². The van der Waals surface area contributed by atoms with Gasteiger partial charge in [-0.05, 0) is 72.9 Å². The molecule has 13 nitrogen and oxygen atoms in total. The maximum atomic E-state index is 12.1. The molecule has 0 bridgehead atoms. The Morgan fingerprint density at radius 1 is 0.571 bits per heavy atom. The smallest absolute Gasteiger partial charge is 0.407 e.